The normalized spacial score (nSPS) is 13.5. The molecule has 0 bridgehead atoms. The molecule has 0 saturated carbocycles. The van der Waals surface area contributed by atoms with E-state index in [0.717, 1.165) is 23.9 Å². The van der Waals surface area contributed by atoms with Gasteiger partial charge in [-0.1, -0.05) is 18.2 Å². The van der Waals surface area contributed by atoms with E-state index in [1.165, 1.54) is 0 Å². The number of aromatic nitrogens is 2. The number of imidazole rings is 1. The summed E-state index contributed by atoms with van der Waals surface area (Å²) in [6.07, 6.45) is 0.434. The number of benzene rings is 2. The van der Waals surface area contributed by atoms with Gasteiger partial charge in [0.05, 0.1) is 16.8 Å². The number of alkyl halides is 3. The van der Waals surface area contributed by atoms with Crippen LogP contribution in [0.15, 0.2) is 72.1 Å². The van der Waals surface area contributed by atoms with Crippen molar-refractivity contribution in [3.63, 3.8) is 0 Å². The number of hydrogen-bond acceptors (Lipinski definition) is 3. The molecule has 1 aromatic heterocycles. The molecule has 1 N–H and O–H groups in total. The molecule has 5 nitrogen and oxygen atoms in total. The van der Waals surface area contributed by atoms with E-state index < -0.39 is 32.7 Å². The lowest BCUT2D eigenvalue weighted by atomic mass is 10.1. The second-order valence-corrected chi connectivity index (χ2v) is 7.64. The molecule has 0 aliphatic rings. The number of nitrogens with zero attached hydrogens (tertiary/aromatic N) is 2. The van der Waals surface area contributed by atoms with Crippen LogP contribution in [-0.4, -0.2) is 18.0 Å². The van der Waals surface area contributed by atoms with Gasteiger partial charge in [0.15, 0.2) is 0 Å². The molecule has 1 heterocycles. The van der Waals surface area contributed by atoms with Gasteiger partial charge in [-0.2, -0.15) is 13.2 Å². The minimum atomic E-state index is -4.61. The fourth-order valence-electron chi connectivity index (χ4n) is 2.56. The molecule has 0 fully saturated rings. The molecular weight excluding hydrogens is 379 g/mol. The van der Waals surface area contributed by atoms with Gasteiger partial charge in [0, 0.05) is 24.1 Å². The first kappa shape index (κ1) is 19.1. The van der Waals surface area contributed by atoms with Gasteiger partial charge >= 0.3 is 6.18 Å². The molecule has 3 aromatic rings. The van der Waals surface area contributed by atoms with Crippen molar-refractivity contribution < 1.29 is 21.6 Å². The van der Waals surface area contributed by atoms with E-state index in [1.54, 1.807) is 54.5 Å². The van der Waals surface area contributed by atoms with Crippen LogP contribution < -0.4 is 4.72 Å². The van der Waals surface area contributed by atoms with Crippen LogP contribution in [0, 0.1) is 0 Å². The Morgan fingerprint density at radius 1 is 1.11 bits per heavy atom. The van der Waals surface area contributed by atoms with Crippen LogP contribution in [-0.2, 0) is 16.2 Å². The minimum absolute atomic E-state index is 0.431. The lowest BCUT2D eigenvalue weighted by Gasteiger charge is -2.16. The molecule has 0 unspecified atom stereocenters. The first-order valence-electron chi connectivity index (χ1n) is 7.95. The van der Waals surface area contributed by atoms with Crippen LogP contribution in [0.1, 0.15) is 24.1 Å². The van der Waals surface area contributed by atoms with Crippen molar-refractivity contribution in [3.05, 3.63) is 78.4 Å². The average Bonchev–Trinajstić information content (AvgIpc) is 3.15. The van der Waals surface area contributed by atoms with Gasteiger partial charge in [0.25, 0.3) is 0 Å². The lowest BCUT2D eigenvalue weighted by Crippen LogP contribution is -2.27. The molecule has 0 spiro atoms. The Hall–Kier alpha value is -2.65. The van der Waals surface area contributed by atoms with Crippen LogP contribution in [0.3, 0.4) is 0 Å². The van der Waals surface area contributed by atoms with Crippen LogP contribution in [0.5, 0.6) is 0 Å². The molecule has 0 amide bonds. The second kappa shape index (κ2) is 7.16. The van der Waals surface area contributed by atoms with Gasteiger partial charge < -0.3 is 4.57 Å². The maximum atomic E-state index is 12.8. The molecule has 0 saturated heterocycles. The average molecular weight is 395 g/mol. The molecule has 142 valence electrons. The van der Waals surface area contributed by atoms with Crippen molar-refractivity contribution in [2.75, 3.05) is 0 Å². The second-order valence-electron chi connectivity index (χ2n) is 5.93. The van der Waals surface area contributed by atoms with Gasteiger partial charge in [-0.25, -0.2) is 18.1 Å². The summed E-state index contributed by atoms with van der Waals surface area (Å²) < 4.78 is 67.6. The van der Waals surface area contributed by atoms with E-state index in [0.29, 0.717) is 11.6 Å². The largest absolute Gasteiger partial charge is 0.416 e. The van der Waals surface area contributed by atoms with Crippen molar-refractivity contribution in [1.29, 1.82) is 0 Å². The van der Waals surface area contributed by atoms with Crippen molar-refractivity contribution in [3.8, 4) is 5.69 Å². The first-order chi connectivity index (χ1) is 12.7. The Morgan fingerprint density at radius 2 is 1.81 bits per heavy atom. The summed E-state index contributed by atoms with van der Waals surface area (Å²) in [6, 6.07) is 10.1. The van der Waals surface area contributed by atoms with E-state index in [-0.39, 0.29) is 0 Å². The molecule has 27 heavy (non-hydrogen) atoms. The minimum Gasteiger partial charge on any atom is -0.306 e. The predicted molar refractivity (Wildman–Crippen MR) is 93.7 cm³/mol. The zero-order valence-electron chi connectivity index (χ0n) is 14.2. The highest BCUT2D eigenvalue weighted by Gasteiger charge is 2.31. The number of rotatable bonds is 5. The van der Waals surface area contributed by atoms with E-state index in [2.05, 4.69) is 9.71 Å². The summed E-state index contributed by atoms with van der Waals surface area (Å²) in [4.78, 5) is 3.52. The van der Waals surface area contributed by atoms with E-state index >= 15 is 0 Å². The van der Waals surface area contributed by atoms with Crippen molar-refractivity contribution >= 4 is 10.0 Å². The molecule has 0 aliphatic carbocycles. The first-order valence-corrected chi connectivity index (χ1v) is 9.43. The smallest absolute Gasteiger partial charge is 0.306 e. The van der Waals surface area contributed by atoms with Crippen molar-refractivity contribution in [1.82, 2.24) is 14.3 Å². The Morgan fingerprint density at radius 3 is 2.41 bits per heavy atom. The summed E-state index contributed by atoms with van der Waals surface area (Å²) in [6.45, 7) is 1.62. The fourth-order valence-corrected chi connectivity index (χ4v) is 3.83. The molecule has 3 rings (SSSR count). The maximum absolute atomic E-state index is 12.8. The Bertz CT molecular complexity index is 1010. The molecule has 2 aromatic carbocycles. The van der Waals surface area contributed by atoms with Gasteiger partial charge in [-0.15, -0.1) is 0 Å². The van der Waals surface area contributed by atoms with Crippen LogP contribution in [0.4, 0.5) is 13.2 Å². The van der Waals surface area contributed by atoms with Gasteiger partial charge in [-0.05, 0) is 42.8 Å². The van der Waals surface area contributed by atoms with Gasteiger partial charge in [0.1, 0.15) is 0 Å². The highest BCUT2D eigenvalue weighted by atomic mass is 32.2. The molecule has 0 radical (unpaired) electrons. The maximum Gasteiger partial charge on any atom is 0.416 e. The van der Waals surface area contributed by atoms with Crippen molar-refractivity contribution in [2.24, 2.45) is 0 Å². The number of nitrogens with one attached hydrogen (secondary N) is 1. The number of halogens is 3. The third-order valence-corrected chi connectivity index (χ3v) is 5.54. The number of hydrogen-bond donors (Lipinski definition) is 1. The SMILES string of the molecule is C[C@H](NS(=O)(=O)c1cccc(C(F)(F)F)c1)c1ccc(-n2ccnc2)cc1. The highest BCUT2D eigenvalue weighted by Crippen LogP contribution is 2.30. The Labute approximate surface area is 154 Å². The molecule has 0 aliphatic heterocycles. The van der Waals surface area contributed by atoms with Crippen LogP contribution >= 0.6 is 0 Å². The highest BCUT2D eigenvalue weighted by molar-refractivity contribution is 7.89. The molecule has 1 atom stereocenters. The van der Waals surface area contributed by atoms with E-state index in [4.69, 9.17) is 0 Å². The third-order valence-electron chi connectivity index (χ3n) is 4.00. The Balaban J connectivity index is 1.79. The third kappa shape index (κ3) is 4.37. The van der Waals surface area contributed by atoms with Crippen molar-refractivity contribution in [2.45, 2.75) is 24.0 Å². The lowest BCUT2D eigenvalue weighted by molar-refractivity contribution is -0.137. The van der Waals surface area contributed by atoms with Gasteiger partial charge in [0.2, 0.25) is 10.0 Å². The zero-order chi connectivity index (χ0) is 19.7. The van der Waals surface area contributed by atoms with Crippen LogP contribution in [0.25, 0.3) is 5.69 Å². The van der Waals surface area contributed by atoms with E-state index in [9.17, 15) is 21.6 Å². The fraction of sp³-hybridized carbons (Fsp3) is 0.167. The van der Waals surface area contributed by atoms with Crippen LogP contribution in [0.2, 0.25) is 0 Å². The topological polar surface area (TPSA) is 64.0 Å². The summed E-state index contributed by atoms with van der Waals surface area (Å²) in [5, 5.41) is 0. The quantitative estimate of drug-likeness (QED) is 0.712. The summed E-state index contributed by atoms with van der Waals surface area (Å²) in [5.41, 5.74) is 0.515. The summed E-state index contributed by atoms with van der Waals surface area (Å²) >= 11 is 0. The van der Waals surface area contributed by atoms with Gasteiger partial charge in [-0.3, -0.25) is 0 Å². The predicted octanol–water partition coefficient (Wildman–Crippen LogP) is 3.93. The Kier molecular flexibility index (Phi) is 5.07. The molecule has 9 heteroatoms. The summed E-state index contributed by atoms with van der Waals surface area (Å²) in [7, 11) is -4.11. The monoisotopic (exact) mass is 395 g/mol. The van der Waals surface area contributed by atoms with E-state index in [1.807, 2.05) is 0 Å². The molecular formula is C18H16F3N3O2S. The zero-order valence-corrected chi connectivity index (χ0v) is 15.0. The number of sulfonamides is 1. The standard InChI is InChI=1S/C18H16F3N3O2S/c1-13(14-5-7-16(8-6-14)24-10-9-22-12-24)23-27(25,26)17-4-2-3-15(11-17)18(19,20)21/h2-13,23H,1H3/t13-/m0/s1. The summed E-state index contributed by atoms with van der Waals surface area (Å²) in [5.74, 6) is 0.